The highest BCUT2D eigenvalue weighted by molar-refractivity contribution is 6.01. The van der Waals surface area contributed by atoms with E-state index in [2.05, 4.69) is 10.5 Å². The van der Waals surface area contributed by atoms with Gasteiger partial charge in [0.1, 0.15) is 5.69 Å². The van der Waals surface area contributed by atoms with E-state index >= 15 is 0 Å². The first-order valence-electron chi connectivity index (χ1n) is 4.88. The maximum absolute atomic E-state index is 11.3. The van der Waals surface area contributed by atoms with Gasteiger partial charge in [0.25, 0.3) is 0 Å². The van der Waals surface area contributed by atoms with Gasteiger partial charge in [-0.3, -0.25) is 4.79 Å². The topological polar surface area (TPSA) is 81.2 Å². The predicted octanol–water partition coefficient (Wildman–Crippen LogP) is 1.42. The van der Waals surface area contributed by atoms with Crippen LogP contribution in [-0.2, 0) is 11.2 Å². The highest BCUT2D eigenvalue weighted by atomic mass is 16.5. The average molecular weight is 215 g/mol. The molecule has 0 aliphatic carbocycles. The number of hydrogen-bond acceptors (Lipinski definition) is 4. The van der Waals surface area contributed by atoms with Crippen molar-refractivity contribution in [2.24, 2.45) is 0 Å². The first kappa shape index (κ1) is 8.96. The van der Waals surface area contributed by atoms with Crippen molar-refractivity contribution in [1.29, 1.82) is 0 Å². The molecule has 3 N–H and O–H groups in total. The standard InChI is InChI=1S/C11H9N3O2/c12-10-5-9(14-16-10)6-2-1-3-8-7(6)4-11(15)13-8/h1-3,5H,4,12H2,(H,13,15). The fourth-order valence-electron chi connectivity index (χ4n) is 1.91. The summed E-state index contributed by atoms with van der Waals surface area (Å²) in [5.41, 5.74) is 8.80. The lowest BCUT2D eigenvalue weighted by atomic mass is 10.0. The minimum absolute atomic E-state index is 0.00100. The van der Waals surface area contributed by atoms with Crippen LogP contribution < -0.4 is 11.1 Å². The van der Waals surface area contributed by atoms with Crippen LogP contribution in [0.15, 0.2) is 28.8 Å². The van der Waals surface area contributed by atoms with Gasteiger partial charge in [-0.05, 0) is 11.6 Å². The second kappa shape index (κ2) is 3.10. The van der Waals surface area contributed by atoms with E-state index in [1.807, 2.05) is 18.2 Å². The number of benzene rings is 1. The largest absolute Gasteiger partial charge is 0.368 e. The third-order valence-electron chi connectivity index (χ3n) is 2.59. The molecule has 0 fully saturated rings. The summed E-state index contributed by atoms with van der Waals surface area (Å²) in [5, 5.41) is 6.64. The van der Waals surface area contributed by atoms with Crippen molar-refractivity contribution < 1.29 is 9.32 Å². The summed E-state index contributed by atoms with van der Waals surface area (Å²) in [6, 6.07) is 7.28. The summed E-state index contributed by atoms with van der Waals surface area (Å²) in [7, 11) is 0. The molecular weight excluding hydrogens is 206 g/mol. The zero-order valence-corrected chi connectivity index (χ0v) is 8.36. The Bertz CT molecular complexity index is 574. The number of rotatable bonds is 1. The molecule has 2 aromatic rings. The van der Waals surface area contributed by atoms with Crippen LogP contribution in [0.5, 0.6) is 0 Å². The minimum Gasteiger partial charge on any atom is -0.368 e. The number of nitrogens with one attached hydrogen (secondary N) is 1. The molecule has 0 saturated carbocycles. The van der Waals surface area contributed by atoms with E-state index < -0.39 is 0 Å². The molecule has 0 radical (unpaired) electrons. The van der Waals surface area contributed by atoms with Crippen molar-refractivity contribution in [3.05, 3.63) is 29.8 Å². The Kier molecular flexibility index (Phi) is 1.73. The number of fused-ring (bicyclic) bond motifs is 1. The van der Waals surface area contributed by atoms with Crippen molar-refractivity contribution in [2.75, 3.05) is 11.1 Å². The quantitative estimate of drug-likeness (QED) is 0.753. The Morgan fingerprint density at radius 1 is 1.44 bits per heavy atom. The Labute approximate surface area is 91.2 Å². The van der Waals surface area contributed by atoms with Gasteiger partial charge in [0.15, 0.2) is 0 Å². The van der Waals surface area contributed by atoms with Crippen molar-refractivity contribution >= 4 is 17.5 Å². The Balaban J connectivity index is 2.16. The molecule has 0 unspecified atom stereocenters. The van der Waals surface area contributed by atoms with Gasteiger partial charge in [-0.1, -0.05) is 17.3 Å². The van der Waals surface area contributed by atoms with Crippen LogP contribution in [-0.4, -0.2) is 11.1 Å². The highest BCUT2D eigenvalue weighted by Gasteiger charge is 2.22. The maximum Gasteiger partial charge on any atom is 0.228 e. The lowest BCUT2D eigenvalue weighted by Gasteiger charge is -2.02. The van der Waals surface area contributed by atoms with Crippen LogP contribution in [0.4, 0.5) is 11.6 Å². The number of amides is 1. The van der Waals surface area contributed by atoms with E-state index in [4.69, 9.17) is 10.3 Å². The van der Waals surface area contributed by atoms with Gasteiger partial charge >= 0.3 is 0 Å². The first-order chi connectivity index (χ1) is 7.74. The lowest BCUT2D eigenvalue weighted by Crippen LogP contribution is -2.03. The van der Waals surface area contributed by atoms with E-state index in [1.165, 1.54) is 0 Å². The zero-order chi connectivity index (χ0) is 11.1. The Morgan fingerprint density at radius 2 is 2.31 bits per heavy atom. The molecule has 3 rings (SSSR count). The van der Waals surface area contributed by atoms with Gasteiger partial charge in [0.2, 0.25) is 11.8 Å². The minimum atomic E-state index is -0.00100. The number of carbonyl (C=O) groups is 1. The second-order valence-electron chi connectivity index (χ2n) is 3.67. The fraction of sp³-hybridized carbons (Fsp3) is 0.0909. The lowest BCUT2D eigenvalue weighted by molar-refractivity contribution is -0.115. The number of nitrogen functional groups attached to an aromatic ring is 1. The Morgan fingerprint density at radius 3 is 3.06 bits per heavy atom. The molecule has 0 spiro atoms. The maximum atomic E-state index is 11.3. The van der Waals surface area contributed by atoms with Crippen molar-refractivity contribution in [2.45, 2.75) is 6.42 Å². The summed E-state index contributed by atoms with van der Waals surface area (Å²) < 4.78 is 4.83. The molecule has 0 saturated heterocycles. The van der Waals surface area contributed by atoms with E-state index in [1.54, 1.807) is 6.07 Å². The smallest absolute Gasteiger partial charge is 0.228 e. The number of hydrogen-bond donors (Lipinski definition) is 2. The number of nitrogens with two attached hydrogens (primary N) is 1. The van der Waals surface area contributed by atoms with Crippen LogP contribution in [0.3, 0.4) is 0 Å². The zero-order valence-electron chi connectivity index (χ0n) is 8.36. The van der Waals surface area contributed by atoms with Gasteiger partial charge in [-0.25, -0.2) is 0 Å². The number of aromatic nitrogens is 1. The monoisotopic (exact) mass is 215 g/mol. The van der Waals surface area contributed by atoms with E-state index in [9.17, 15) is 4.79 Å². The number of nitrogens with zero attached hydrogens (tertiary/aromatic N) is 1. The van der Waals surface area contributed by atoms with Gasteiger partial charge < -0.3 is 15.6 Å². The van der Waals surface area contributed by atoms with Gasteiger partial charge in [-0.15, -0.1) is 0 Å². The normalized spacial score (nSPS) is 13.6. The summed E-state index contributed by atoms with van der Waals surface area (Å²) >= 11 is 0. The third-order valence-corrected chi connectivity index (χ3v) is 2.59. The van der Waals surface area contributed by atoms with Crippen molar-refractivity contribution in [3.63, 3.8) is 0 Å². The van der Waals surface area contributed by atoms with Crippen molar-refractivity contribution in [1.82, 2.24) is 5.16 Å². The highest BCUT2D eigenvalue weighted by Crippen LogP contribution is 2.33. The van der Waals surface area contributed by atoms with Crippen LogP contribution >= 0.6 is 0 Å². The molecule has 80 valence electrons. The molecule has 1 aromatic carbocycles. The third kappa shape index (κ3) is 1.25. The summed E-state index contributed by atoms with van der Waals surface area (Å²) in [6.45, 7) is 0. The molecule has 1 aromatic heterocycles. The van der Waals surface area contributed by atoms with Crippen LogP contribution in [0.25, 0.3) is 11.3 Å². The number of carbonyl (C=O) groups excluding carboxylic acids is 1. The fourth-order valence-corrected chi connectivity index (χ4v) is 1.91. The molecule has 16 heavy (non-hydrogen) atoms. The van der Waals surface area contributed by atoms with Crippen molar-refractivity contribution in [3.8, 4) is 11.3 Å². The van der Waals surface area contributed by atoms with Gasteiger partial charge in [0, 0.05) is 17.3 Å². The van der Waals surface area contributed by atoms with E-state index in [0.29, 0.717) is 12.1 Å². The first-order valence-corrected chi connectivity index (χ1v) is 4.88. The molecular formula is C11H9N3O2. The summed E-state index contributed by atoms with van der Waals surface area (Å²) in [6.07, 6.45) is 0.373. The second-order valence-corrected chi connectivity index (χ2v) is 3.67. The van der Waals surface area contributed by atoms with Crippen LogP contribution in [0, 0.1) is 0 Å². The molecule has 1 aliphatic heterocycles. The molecule has 0 atom stereocenters. The molecule has 1 aliphatic rings. The summed E-state index contributed by atoms with van der Waals surface area (Å²) in [4.78, 5) is 11.3. The summed E-state index contributed by atoms with van der Waals surface area (Å²) in [5.74, 6) is 0.267. The van der Waals surface area contributed by atoms with Crippen LogP contribution in [0.2, 0.25) is 0 Å². The van der Waals surface area contributed by atoms with Crippen LogP contribution in [0.1, 0.15) is 5.56 Å². The number of anilines is 2. The molecule has 5 heteroatoms. The van der Waals surface area contributed by atoms with Gasteiger partial charge in [0.05, 0.1) is 6.42 Å². The average Bonchev–Trinajstić information content (AvgIpc) is 2.82. The SMILES string of the molecule is Nc1cc(-c2cccc3c2CC(=O)N3)no1. The van der Waals surface area contributed by atoms with E-state index in [-0.39, 0.29) is 11.8 Å². The Hall–Kier alpha value is -2.30. The predicted molar refractivity (Wildman–Crippen MR) is 58.7 cm³/mol. The van der Waals surface area contributed by atoms with E-state index in [0.717, 1.165) is 16.8 Å². The molecule has 2 heterocycles. The molecule has 0 bridgehead atoms. The molecule has 5 nitrogen and oxygen atoms in total. The molecule has 1 amide bonds. The van der Waals surface area contributed by atoms with Gasteiger partial charge in [-0.2, -0.15) is 0 Å².